The molecule has 1 aliphatic heterocycles. The number of benzene rings is 1. The van der Waals surface area contributed by atoms with Gasteiger partial charge in [0.25, 0.3) is 0 Å². The van der Waals surface area contributed by atoms with E-state index in [1.54, 1.807) is 0 Å². The van der Waals surface area contributed by atoms with Crippen molar-refractivity contribution >= 4 is 40.7 Å². The van der Waals surface area contributed by atoms with Crippen molar-refractivity contribution in [2.75, 3.05) is 26.2 Å². The molecule has 1 aliphatic rings. The van der Waals surface area contributed by atoms with Crippen LogP contribution in [0.3, 0.4) is 0 Å². The van der Waals surface area contributed by atoms with E-state index in [1.165, 1.54) is 12.1 Å². The summed E-state index contributed by atoms with van der Waals surface area (Å²) in [5.74, 6) is 0. The molecule has 1 aromatic carbocycles. The fourth-order valence-corrected chi connectivity index (χ4v) is 3.41. The summed E-state index contributed by atoms with van der Waals surface area (Å²) in [7, 11) is 0. The molecule has 8 heteroatoms. The van der Waals surface area contributed by atoms with Gasteiger partial charge in [-0.05, 0) is 30.2 Å². The minimum Gasteiger partial charge on any atom is -0.314 e. The van der Waals surface area contributed by atoms with Crippen LogP contribution in [0.1, 0.15) is 43.4 Å². The molecule has 0 saturated carbocycles. The Balaban J connectivity index is 0.00000264. The van der Waals surface area contributed by atoms with Crippen LogP contribution < -0.4 is 5.32 Å². The number of hydrogen-bond acceptors (Lipinski definition) is 2. The highest BCUT2D eigenvalue weighted by Gasteiger charge is 2.32. The molecule has 24 heavy (non-hydrogen) atoms. The Morgan fingerprint density at radius 1 is 1.21 bits per heavy atom. The highest BCUT2D eigenvalue weighted by Crippen LogP contribution is 2.37. The van der Waals surface area contributed by atoms with Gasteiger partial charge in [-0.3, -0.25) is 4.90 Å². The summed E-state index contributed by atoms with van der Waals surface area (Å²) in [4.78, 5) is 2.30. The van der Waals surface area contributed by atoms with Gasteiger partial charge in [-0.15, -0.1) is 24.8 Å². The molecular formula is C16H24BrCl2F3N2. The minimum absolute atomic E-state index is 0. The second-order valence-electron chi connectivity index (χ2n) is 5.68. The highest BCUT2D eigenvalue weighted by atomic mass is 79.9. The lowest BCUT2D eigenvalue weighted by Gasteiger charge is -2.36. The molecule has 1 N–H and O–H groups in total. The molecule has 140 valence electrons. The molecule has 0 bridgehead atoms. The van der Waals surface area contributed by atoms with Gasteiger partial charge in [-0.25, -0.2) is 0 Å². The standard InChI is InChI=1S/C16H22BrF3N2.2ClH/c1-2-3-4-15(22-9-7-21-8-10-22)13-11-12(16(18,19)20)5-6-14(13)17;;/h5-6,11,15,21H,2-4,7-10H2,1H3;2*1H/t15-;;/m1../s1. The Kier molecular flexibility index (Phi) is 10.9. The first-order valence-corrected chi connectivity index (χ1v) is 8.54. The first-order chi connectivity index (χ1) is 10.4. The first-order valence-electron chi connectivity index (χ1n) is 7.75. The van der Waals surface area contributed by atoms with Crippen LogP contribution in [0.25, 0.3) is 0 Å². The van der Waals surface area contributed by atoms with Crippen LogP contribution in [0.5, 0.6) is 0 Å². The van der Waals surface area contributed by atoms with E-state index in [1.807, 2.05) is 0 Å². The molecule has 1 saturated heterocycles. The first kappa shape index (κ1) is 24.0. The van der Waals surface area contributed by atoms with Crippen molar-refractivity contribution in [1.29, 1.82) is 0 Å². The molecule has 0 aromatic heterocycles. The van der Waals surface area contributed by atoms with E-state index < -0.39 is 11.7 Å². The molecule has 0 radical (unpaired) electrons. The summed E-state index contributed by atoms with van der Waals surface area (Å²) in [6.07, 6.45) is -1.36. The van der Waals surface area contributed by atoms with Gasteiger partial charge in [0, 0.05) is 36.7 Å². The van der Waals surface area contributed by atoms with Gasteiger partial charge in [0.2, 0.25) is 0 Å². The lowest BCUT2D eigenvalue weighted by atomic mass is 9.97. The van der Waals surface area contributed by atoms with Crippen molar-refractivity contribution < 1.29 is 13.2 Å². The number of halogens is 6. The lowest BCUT2D eigenvalue weighted by Crippen LogP contribution is -2.45. The van der Waals surface area contributed by atoms with E-state index in [0.29, 0.717) is 0 Å². The van der Waals surface area contributed by atoms with Gasteiger partial charge in [-0.1, -0.05) is 35.7 Å². The molecule has 0 unspecified atom stereocenters. The zero-order valence-corrected chi connectivity index (χ0v) is 16.8. The minimum atomic E-state index is -4.30. The maximum Gasteiger partial charge on any atom is 0.416 e. The molecule has 2 rings (SSSR count). The molecule has 1 atom stereocenters. The number of rotatable bonds is 5. The van der Waals surface area contributed by atoms with E-state index >= 15 is 0 Å². The zero-order chi connectivity index (χ0) is 16.2. The number of hydrogen-bond donors (Lipinski definition) is 1. The van der Waals surface area contributed by atoms with E-state index in [-0.39, 0.29) is 30.9 Å². The summed E-state index contributed by atoms with van der Waals surface area (Å²) < 4.78 is 39.8. The summed E-state index contributed by atoms with van der Waals surface area (Å²) in [5.41, 5.74) is 0.188. The quantitative estimate of drug-likeness (QED) is 0.640. The average Bonchev–Trinajstić information content (AvgIpc) is 2.49. The van der Waals surface area contributed by atoms with Gasteiger partial charge in [0.15, 0.2) is 0 Å². The highest BCUT2D eigenvalue weighted by molar-refractivity contribution is 9.10. The Morgan fingerprint density at radius 2 is 1.83 bits per heavy atom. The Morgan fingerprint density at radius 3 is 2.38 bits per heavy atom. The summed E-state index contributed by atoms with van der Waals surface area (Å²) in [6.45, 7) is 5.63. The van der Waals surface area contributed by atoms with Crippen molar-refractivity contribution in [3.63, 3.8) is 0 Å². The monoisotopic (exact) mass is 450 g/mol. The zero-order valence-electron chi connectivity index (χ0n) is 13.5. The van der Waals surface area contributed by atoms with E-state index in [2.05, 4.69) is 33.1 Å². The molecule has 1 fully saturated rings. The van der Waals surface area contributed by atoms with Crippen molar-refractivity contribution in [2.45, 2.75) is 38.4 Å². The predicted octanol–water partition coefficient (Wildman–Crippen LogP) is 5.45. The van der Waals surface area contributed by atoms with Crippen molar-refractivity contribution in [2.24, 2.45) is 0 Å². The van der Waals surface area contributed by atoms with E-state index in [9.17, 15) is 13.2 Å². The van der Waals surface area contributed by atoms with Gasteiger partial charge in [0.05, 0.1) is 5.56 Å². The molecule has 1 aromatic rings. The molecule has 2 nitrogen and oxygen atoms in total. The number of unbranched alkanes of at least 4 members (excludes halogenated alkanes) is 1. The third-order valence-electron chi connectivity index (χ3n) is 4.11. The molecular weight excluding hydrogens is 428 g/mol. The molecule has 1 heterocycles. The fourth-order valence-electron chi connectivity index (χ4n) is 2.90. The second-order valence-corrected chi connectivity index (χ2v) is 6.53. The van der Waals surface area contributed by atoms with Crippen LogP contribution in [0, 0.1) is 0 Å². The van der Waals surface area contributed by atoms with Crippen molar-refractivity contribution in [3.8, 4) is 0 Å². The van der Waals surface area contributed by atoms with Crippen LogP contribution in [-0.4, -0.2) is 31.1 Å². The van der Waals surface area contributed by atoms with Gasteiger partial charge in [-0.2, -0.15) is 13.2 Å². The third-order valence-corrected chi connectivity index (χ3v) is 4.83. The average molecular weight is 452 g/mol. The normalized spacial score (nSPS) is 16.9. The molecule has 0 amide bonds. The van der Waals surface area contributed by atoms with Gasteiger partial charge in [0.1, 0.15) is 0 Å². The Labute approximate surface area is 162 Å². The third kappa shape index (κ3) is 6.37. The van der Waals surface area contributed by atoms with Gasteiger partial charge < -0.3 is 5.32 Å². The predicted molar refractivity (Wildman–Crippen MR) is 100 cm³/mol. The topological polar surface area (TPSA) is 15.3 Å². The summed E-state index contributed by atoms with van der Waals surface area (Å²) in [6, 6.07) is 4.02. The summed E-state index contributed by atoms with van der Waals surface area (Å²) >= 11 is 3.45. The number of nitrogens with one attached hydrogen (secondary N) is 1. The van der Waals surface area contributed by atoms with Crippen LogP contribution in [0.15, 0.2) is 22.7 Å². The second kappa shape index (κ2) is 10.9. The van der Waals surface area contributed by atoms with Crippen molar-refractivity contribution in [1.82, 2.24) is 10.2 Å². The maximum atomic E-state index is 13.0. The van der Waals surface area contributed by atoms with E-state index in [4.69, 9.17) is 0 Å². The number of piperazine rings is 1. The molecule has 0 spiro atoms. The van der Waals surface area contributed by atoms with Crippen LogP contribution >= 0.6 is 40.7 Å². The van der Waals surface area contributed by atoms with Crippen LogP contribution in [-0.2, 0) is 6.18 Å². The van der Waals surface area contributed by atoms with E-state index in [0.717, 1.165) is 61.5 Å². The summed E-state index contributed by atoms with van der Waals surface area (Å²) in [5, 5.41) is 3.29. The van der Waals surface area contributed by atoms with Crippen LogP contribution in [0.4, 0.5) is 13.2 Å². The largest absolute Gasteiger partial charge is 0.416 e. The molecule has 0 aliphatic carbocycles. The number of alkyl halides is 3. The Bertz CT molecular complexity index is 495. The SMILES string of the molecule is CCCC[C@H](c1cc(C(F)(F)F)ccc1Br)N1CCNCC1.Cl.Cl. The Hall–Kier alpha value is -0.0100. The number of nitrogens with zero attached hydrogens (tertiary/aromatic N) is 1. The smallest absolute Gasteiger partial charge is 0.314 e. The van der Waals surface area contributed by atoms with Gasteiger partial charge >= 0.3 is 6.18 Å². The van der Waals surface area contributed by atoms with Crippen LogP contribution in [0.2, 0.25) is 0 Å². The van der Waals surface area contributed by atoms with Crippen molar-refractivity contribution in [3.05, 3.63) is 33.8 Å². The fraction of sp³-hybridized carbons (Fsp3) is 0.625. The lowest BCUT2D eigenvalue weighted by molar-refractivity contribution is -0.137. The maximum absolute atomic E-state index is 13.0.